The molecule has 6 heteroatoms. The molecule has 17 heavy (non-hydrogen) atoms. The summed E-state index contributed by atoms with van der Waals surface area (Å²) >= 11 is 0. The van der Waals surface area contributed by atoms with Crippen molar-refractivity contribution >= 4 is 17.5 Å². The van der Waals surface area contributed by atoms with Crippen LogP contribution in [0.2, 0.25) is 0 Å². The summed E-state index contributed by atoms with van der Waals surface area (Å²) in [5.74, 6) is -0.528. The molecule has 0 radical (unpaired) electrons. The molecule has 2 aromatic rings. The summed E-state index contributed by atoms with van der Waals surface area (Å²) in [4.78, 5) is 22.7. The lowest BCUT2D eigenvalue weighted by atomic mass is 10.2. The van der Waals surface area contributed by atoms with E-state index in [-0.39, 0.29) is 5.56 Å². The van der Waals surface area contributed by atoms with Crippen molar-refractivity contribution < 1.29 is 9.90 Å². The van der Waals surface area contributed by atoms with E-state index >= 15 is 0 Å². The van der Waals surface area contributed by atoms with Gasteiger partial charge in [0.25, 0.3) is 0 Å². The van der Waals surface area contributed by atoms with Gasteiger partial charge in [0.1, 0.15) is 12.1 Å². The number of hydrogen-bond donors (Lipinski definition) is 2. The average molecular weight is 230 g/mol. The highest BCUT2D eigenvalue weighted by Crippen LogP contribution is 2.15. The Labute approximate surface area is 97.4 Å². The molecule has 0 aliphatic rings. The van der Waals surface area contributed by atoms with Gasteiger partial charge in [-0.05, 0) is 19.1 Å². The van der Waals surface area contributed by atoms with E-state index in [0.29, 0.717) is 17.2 Å². The number of rotatable bonds is 3. The third-order valence-electron chi connectivity index (χ3n) is 2.03. The third-order valence-corrected chi connectivity index (χ3v) is 2.03. The van der Waals surface area contributed by atoms with E-state index in [1.165, 1.54) is 18.5 Å². The Morgan fingerprint density at radius 1 is 1.29 bits per heavy atom. The summed E-state index contributed by atoms with van der Waals surface area (Å²) in [5.41, 5.74) is 1.48. The van der Waals surface area contributed by atoms with Crippen LogP contribution in [0.15, 0.2) is 30.9 Å². The summed E-state index contributed by atoms with van der Waals surface area (Å²) in [6, 6.07) is 2.97. The van der Waals surface area contributed by atoms with Crippen LogP contribution in [0.4, 0.5) is 11.5 Å². The van der Waals surface area contributed by atoms with Gasteiger partial charge in [0.2, 0.25) is 0 Å². The molecule has 2 aromatic heterocycles. The lowest BCUT2D eigenvalue weighted by Gasteiger charge is -2.06. The maximum Gasteiger partial charge on any atom is 0.335 e. The molecule has 2 rings (SSSR count). The number of carboxylic acid groups (broad SMARTS) is 1. The SMILES string of the molecule is Cc1cc(C(=O)O)cc(Nc2cncnc2)n1. The fraction of sp³-hybridized carbons (Fsp3) is 0.0909. The predicted octanol–water partition coefficient (Wildman–Crippen LogP) is 1.62. The molecule has 0 unspecified atom stereocenters. The van der Waals surface area contributed by atoms with Gasteiger partial charge in [-0.1, -0.05) is 0 Å². The molecule has 0 aliphatic heterocycles. The van der Waals surface area contributed by atoms with Crippen LogP contribution >= 0.6 is 0 Å². The second-order valence-corrected chi connectivity index (χ2v) is 3.44. The maximum atomic E-state index is 10.9. The first kappa shape index (κ1) is 11.0. The molecule has 2 heterocycles. The highest BCUT2D eigenvalue weighted by molar-refractivity contribution is 5.88. The number of anilines is 2. The van der Waals surface area contributed by atoms with Gasteiger partial charge in [0, 0.05) is 5.69 Å². The van der Waals surface area contributed by atoms with Gasteiger partial charge in [-0.2, -0.15) is 0 Å². The van der Waals surface area contributed by atoms with E-state index < -0.39 is 5.97 Å². The summed E-state index contributed by atoms with van der Waals surface area (Å²) in [7, 11) is 0. The summed E-state index contributed by atoms with van der Waals surface area (Å²) < 4.78 is 0. The van der Waals surface area contributed by atoms with Crippen molar-refractivity contribution in [3.63, 3.8) is 0 Å². The minimum Gasteiger partial charge on any atom is -0.478 e. The molecule has 0 aromatic carbocycles. The molecular weight excluding hydrogens is 220 g/mol. The Morgan fingerprint density at radius 2 is 2.00 bits per heavy atom. The molecule has 86 valence electrons. The third kappa shape index (κ3) is 2.75. The van der Waals surface area contributed by atoms with Gasteiger partial charge >= 0.3 is 5.97 Å². The van der Waals surface area contributed by atoms with Crippen LogP contribution in [-0.2, 0) is 0 Å². The van der Waals surface area contributed by atoms with Gasteiger partial charge in [-0.25, -0.2) is 19.7 Å². The smallest absolute Gasteiger partial charge is 0.335 e. The molecule has 0 saturated heterocycles. The first-order chi connectivity index (χ1) is 8.15. The van der Waals surface area contributed by atoms with Crippen molar-refractivity contribution in [3.05, 3.63) is 42.1 Å². The number of aromatic nitrogens is 3. The first-order valence-electron chi connectivity index (χ1n) is 4.89. The lowest BCUT2D eigenvalue weighted by molar-refractivity contribution is 0.0696. The zero-order chi connectivity index (χ0) is 12.3. The monoisotopic (exact) mass is 230 g/mol. The van der Waals surface area contributed by atoms with Gasteiger partial charge in [-0.15, -0.1) is 0 Å². The van der Waals surface area contributed by atoms with E-state index in [9.17, 15) is 4.79 Å². The first-order valence-corrected chi connectivity index (χ1v) is 4.89. The Kier molecular flexibility index (Phi) is 2.95. The van der Waals surface area contributed by atoms with Gasteiger partial charge < -0.3 is 10.4 Å². The van der Waals surface area contributed by atoms with E-state index in [0.717, 1.165) is 0 Å². The standard InChI is InChI=1S/C11H10N4O2/c1-7-2-8(11(16)17)3-10(14-7)15-9-4-12-6-13-5-9/h2-6H,1H3,(H,14,15)(H,16,17). The number of pyridine rings is 1. The van der Waals surface area contributed by atoms with Crippen molar-refractivity contribution in [2.75, 3.05) is 5.32 Å². The number of aryl methyl sites for hydroxylation is 1. The largest absolute Gasteiger partial charge is 0.478 e. The van der Waals surface area contributed by atoms with Crippen LogP contribution in [-0.4, -0.2) is 26.0 Å². The zero-order valence-electron chi connectivity index (χ0n) is 9.08. The normalized spacial score (nSPS) is 9.94. The zero-order valence-corrected chi connectivity index (χ0v) is 9.08. The summed E-state index contributed by atoms with van der Waals surface area (Å²) in [6.07, 6.45) is 4.58. The Hall–Kier alpha value is -2.50. The topological polar surface area (TPSA) is 88.0 Å². The summed E-state index contributed by atoms with van der Waals surface area (Å²) in [5, 5.41) is 11.9. The minimum atomic E-state index is -0.983. The maximum absolute atomic E-state index is 10.9. The number of carboxylic acids is 1. The van der Waals surface area contributed by atoms with Crippen molar-refractivity contribution in [3.8, 4) is 0 Å². The Morgan fingerprint density at radius 3 is 2.65 bits per heavy atom. The quantitative estimate of drug-likeness (QED) is 0.833. The van der Waals surface area contributed by atoms with Crippen LogP contribution < -0.4 is 5.32 Å². The van der Waals surface area contributed by atoms with Crippen LogP contribution in [0.25, 0.3) is 0 Å². The average Bonchev–Trinajstić information content (AvgIpc) is 2.29. The van der Waals surface area contributed by atoms with E-state index in [1.807, 2.05) is 0 Å². The number of carbonyl (C=O) groups is 1. The molecule has 0 amide bonds. The fourth-order valence-corrected chi connectivity index (χ4v) is 1.37. The fourth-order valence-electron chi connectivity index (χ4n) is 1.37. The molecule has 2 N–H and O–H groups in total. The highest BCUT2D eigenvalue weighted by atomic mass is 16.4. The molecule has 6 nitrogen and oxygen atoms in total. The molecular formula is C11H10N4O2. The van der Waals surface area contributed by atoms with E-state index in [2.05, 4.69) is 20.3 Å². The van der Waals surface area contributed by atoms with Crippen molar-refractivity contribution in [1.29, 1.82) is 0 Å². The Balaban J connectivity index is 2.30. The lowest BCUT2D eigenvalue weighted by Crippen LogP contribution is -2.02. The molecule has 0 bridgehead atoms. The number of aromatic carboxylic acids is 1. The van der Waals surface area contributed by atoms with Crippen molar-refractivity contribution in [2.45, 2.75) is 6.92 Å². The van der Waals surface area contributed by atoms with E-state index in [1.54, 1.807) is 19.3 Å². The van der Waals surface area contributed by atoms with Crippen molar-refractivity contribution in [2.24, 2.45) is 0 Å². The molecule has 0 atom stereocenters. The summed E-state index contributed by atoms with van der Waals surface area (Å²) in [6.45, 7) is 1.74. The molecule has 0 saturated carbocycles. The molecule has 0 fully saturated rings. The Bertz CT molecular complexity index is 542. The van der Waals surface area contributed by atoms with Gasteiger partial charge in [0.05, 0.1) is 23.6 Å². The van der Waals surface area contributed by atoms with Crippen LogP contribution in [0.5, 0.6) is 0 Å². The second kappa shape index (κ2) is 4.56. The van der Waals surface area contributed by atoms with Crippen LogP contribution in [0.3, 0.4) is 0 Å². The van der Waals surface area contributed by atoms with Crippen molar-refractivity contribution in [1.82, 2.24) is 15.0 Å². The van der Waals surface area contributed by atoms with Gasteiger partial charge in [0.15, 0.2) is 0 Å². The molecule has 0 aliphatic carbocycles. The van der Waals surface area contributed by atoms with Crippen LogP contribution in [0, 0.1) is 6.92 Å². The highest BCUT2D eigenvalue weighted by Gasteiger charge is 2.06. The number of hydrogen-bond acceptors (Lipinski definition) is 5. The minimum absolute atomic E-state index is 0.192. The molecule has 0 spiro atoms. The van der Waals surface area contributed by atoms with Gasteiger partial charge in [-0.3, -0.25) is 0 Å². The van der Waals surface area contributed by atoms with Crippen LogP contribution in [0.1, 0.15) is 16.1 Å². The number of nitrogens with one attached hydrogen (secondary N) is 1. The van der Waals surface area contributed by atoms with E-state index in [4.69, 9.17) is 5.11 Å². The second-order valence-electron chi connectivity index (χ2n) is 3.44. The number of nitrogens with zero attached hydrogens (tertiary/aromatic N) is 3. The predicted molar refractivity (Wildman–Crippen MR) is 61.2 cm³/mol.